The van der Waals surface area contributed by atoms with E-state index in [9.17, 15) is 4.79 Å². The van der Waals surface area contributed by atoms with Gasteiger partial charge in [0.25, 0.3) is 0 Å². The number of hydrogen-bond acceptors (Lipinski definition) is 8. The summed E-state index contributed by atoms with van der Waals surface area (Å²) in [6.45, 7) is 3.49. The smallest absolute Gasteiger partial charge is 0.203 e. The van der Waals surface area contributed by atoms with Gasteiger partial charge in [-0.2, -0.15) is 0 Å². The molecule has 4 aromatic rings. The van der Waals surface area contributed by atoms with Crippen LogP contribution in [0.4, 0.5) is 0 Å². The van der Waals surface area contributed by atoms with E-state index in [0.717, 1.165) is 26.9 Å². The van der Waals surface area contributed by atoms with Crippen molar-refractivity contribution in [3.05, 3.63) is 34.3 Å². The zero-order valence-corrected chi connectivity index (χ0v) is 18.2. The predicted molar refractivity (Wildman–Crippen MR) is 114 cm³/mol. The highest BCUT2D eigenvalue weighted by Crippen LogP contribution is 2.43. The second kappa shape index (κ2) is 7.49. The summed E-state index contributed by atoms with van der Waals surface area (Å²) >= 11 is 2.92. The van der Waals surface area contributed by atoms with E-state index in [4.69, 9.17) is 19.2 Å². The second-order valence-corrected chi connectivity index (χ2v) is 8.14. The van der Waals surface area contributed by atoms with Gasteiger partial charge in [-0.25, -0.2) is 9.97 Å². The molecule has 0 aliphatic heterocycles. The number of methoxy groups -OCH3 is 3. The zero-order chi connectivity index (χ0) is 20.7. The summed E-state index contributed by atoms with van der Waals surface area (Å²) in [5, 5.41) is 2.72. The van der Waals surface area contributed by atoms with Crippen LogP contribution in [0.5, 0.6) is 17.2 Å². The molecule has 0 amide bonds. The van der Waals surface area contributed by atoms with Gasteiger partial charge in [-0.1, -0.05) is 0 Å². The Balaban J connectivity index is 1.94. The lowest BCUT2D eigenvalue weighted by atomic mass is 10.1. The van der Waals surface area contributed by atoms with Crippen molar-refractivity contribution in [3.8, 4) is 39.2 Å². The Kier molecular flexibility index (Phi) is 5.01. The maximum Gasteiger partial charge on any atom is 0.203 e. The fraction of sp³-hybridized carbons (Fsp3) is 0.250. The average Bonchev–Trinajstić information content (AvgIpc) is 3.40. The molecule has 0 radical (unpaired) electrons. The SMILES string of the molecule is COc1cc(-c2nc(-c3c(C)nc4sccn34)sc2C(C)=O)cc(OC)c1OC. The lowest BCUT2D eigenvalue weighted by Crippen LogP contribution is -1.97. The van der Waals surface area contributed by atoms with Crippen LogP contribution in [0.1, 0.15) is 22.3 Å². The molecule has 3 aromatic heterocycles. The minimum absolute atomic E-state index is 0.0544. The van der Waals surface area contributed by atoms with Gasteiger partial charge in [-0.05, 0) is 19.1 Å². The highest BCUT2D eigenvalue weighted by molar-refractivity contribution is 7.17. The van der Waals surface area contributed by atoms with Gasteiger partial charge in [-0.15, -0.1) is 22.7 Å². The van der Waals surface area contributed by atoms with E-state index in [1.165, 1.54) is 11.3 Å². The molecule has 0 aliphatic carbocycles. The van der Waals surface area contributed by atoms with E-state index in [1.807, 2.05) is 22.9 Å². The average molecular weight is 430 g/mol. The Morgan fingerprint density at radius 3 is 2.34 bits per heavy atom. The van der Waals surface area contributed by atoms with Crippen molar-refractivity contribution in [2.24, 2.45) is 0 Å². The van der Waals surface area contributed by atoms with E-state index in [-0.39, 0.29) is 5.78 Å². The highest BCUT2D eigenvalue weighted by atomic mass is 32.1. The van der Waals surface area contributed by atoms with Gasteiger partial charge in [0.2, 0.25) is 5.75 Å². The highest BCUT2D eigenvalue weighted by Gasteiger charge is 2.24. The predicted octanol–water partition coefficient (Wildman–Crippen LogP) is 4.72. The van der Waals surface area contributed by atoms with Crippen LogP contribution in [0.2, 0.25) is 0 Å². The molecule has 7 nitrogen and oxygen atoms in total. The first-order valence-electron chi connectivity index (χ1n) is 8.73. The Morgan fingerprint density at radius 1 is 1.07 bits per heavy atom. The zero-order valence-electron chi connectivity index (χ0n) is 16.6. The number of aryl methyl sites for hydroxylation is 1. The monoisotopic (exact) mass is 429 g/mol. The lowest BCUT2D eigenvalue weighted by Gasteiger charge is -2.13. The Bertz CT molecular complexity index is 1200. The Morgan fingerprint density at radius 2 is 1.76 bits per heavy atom. The van der Waals surface area contributed by atoms with Gasteiger partial charge in [0.1, 0.15) is 10.7 Å². The number of carbonyl (C=O) groups is 1. The van der Waals surface area contributed by atoms with Crippen LogP contribution in [0.25, 0.3) is 26.9 Å². The summed E-state index contributed by atoms with van der Waals surface area (Å²) in [4.78, 5) is 23.3. The maximum absolute atomic E-state index is 12.4. The van der Waals surface area contributed by atoms with Gasteiger partial charge in [0.05, 0.1) is 37.6 Å². The Hall–Kier alpha value is -2.91. The number of rotatable bonds is 6. The largest absolute Gasteiger partial charge is 0.493 e. The number of fused-ring (bicyclic) bond motifs is 1. The van der Waals surface area contributed by atoms with Gasteiger partial charge >= 0.3 is 0 Å². The van der Waals surface area contributed by atoms with E-state index in [2.05, 4.69) is 4.98 Å². The minimum atomic E-state index is -0.0544. The van der Waals surface area contributed by atoms with E-state index < -0.39 is 0 Å². The molecular formula is C20H19N3O4S2. The van der Waals surface area contributed by atoms with Crippen molar-refractivity contribution >= 4 is 33.4 Å². The molecule has 0 aliphatic rings. The maximum atomic E-state index is 12.4. The number of Topliss-reactive ketones (excluding diaryl/α,β-unsaturated/α-hetero) is 1. The standard InChI is InChI=1S/C20H19N3O4S2/c1-10-16(23-6-7-28-20(23)21-10)19-22-15(18(29-19)11(2)24)12-8-13(25-3)17(27-5)14(9-12)26-4/h6-9H,1-5H3. The quantitative estimate of drug-likeness (QED) is 0.413. The summed E-state index contributed by atoms with van der Waals surface area (Å²) in [5.74, 6) is 1.45. The van der Waals surface area contributed by atoms with Crippen molar-refractivity contribution in [3.63, 3.8) is 0 Å². The number of thiazole rings is 2. The fourth-order valence-corrected chi connectivity index (χ4v) is 5.06. The molecule has 150 valence electrons. The molecule has 0 saturated carbocycles. The molecule has 3 heterocycles. The molecule has 0 fully saturated rings. The number of carbonyl (C=O) groups excluding carboxylic acids is 1. The van der Waals surface area contributed by atoms with E-state index >= 15 is 0 Å². The summed E-state index contributed by atoms with van der Waals surface area (Å²) < 4.78 is 18.3. The first-order chi connectivity index (χ1) is 14.0. The third kappa shape index (κ3) is 3.16. The normalized spacial score (nSPS) is 11.1. The van der Waals surface area contributed by atoms with Gasteiger partial charge in [0.15, 0.2) is 22.2 Å². The minimum Gasteiger partial charge on any atom is -0.493 e. The summed E-state index contributed by atoms with van der Waals surface area (Å²) in [5.41, 5.74) is 3.07. The molecule has 0 bridgehead atoms. The van der Waals surface area contributed by atoms with Crippen LogP contribution in [0, 0.1) is 6.92 Å². The third-order valence-corrected chi connectivity index (χ3v) is 6.44. The molecule has 0 N–H and O–H groups in total. The van der Waals surface area contributed by atoms with Crippen molar-refractivity contribution in [2.45, 2.75) is 13.8 Å². The Labute approximate surface area is 175 Å². The number of benzene rings is 1. The molecule has 1 aromatic carbocycles. The molecule has 0 atom stereocenters. The molecule has 0 saturated heterocycles. The van der Waals surface area contributed by atoms with E-state index in [1.54, 1.807) is 51.7 Å². The summed E-state index contributed by atoms with van der Waals surface area (Å²) in [6, 6.07) is 3.60. The van der Waals surface area contributed by atoms with Crippen molar-refractivity contribution < 1.29 is 19.0 Å². The van der Waals surface area contributed by atoms with Crippen LogP contribution >= 0.6 is 22.7 Å². The topological polar surface area (TPSA) is 75.0 Å². The summed E-state index contributed by atoms with van der Waals surface area (Å²) in [6.07, 6.45) is 1.96. The molecule has 0 spiro atoms. The number of hydrogen-bond donors (Lipinski definition) is 0. The number of nitrogens with zero attached hydrogens (tertiary/aromatic N) is 3. The first-order valence-corrected chi connectivity index (χ1v) is 10.4. The van der Waals surface area contributed by atoms with Gasteiger partial charge < -0.3 is 14.2 Å². The molecule has 29 heavy (non-hydrogen) atoms. The number of aromatic nitrogens is 3. The fourth-order valence-electron chi connectivity index (χ4n) is 3.23. The molecular weight excluding hydrogens is 410 g/mol. The van der Waals surface area contributed by atoms with Gasteiger partial charge in [-0.3, -0.25) is 9.20 Å². The van der Waals surface area contributed by atoms with Crippen LogP contribution in [-0.4, -0.2) is 41.5 Å². The first kappa shape index (κ1) is 19.4. The number of ether oxygens (including phenoxy) is 3. The van der Waals surface area contributed by atoms with Crippen LogP contribution < -0.4 is 14.2 Å². The van der Waals surface area contributed by atoms with Crippen LogP contribution in [0.15, 0.2) is 23.7 Å². The van der Waals surface area contributed by atoms with Crippen LogP contribution in [0.3, 0.4) is 0 Å². The van der Waals surface area contributed by atoms with E-state index in [0.29, 0.717) is 27.8 Å². The van der Waals surface area contributed by atoms with Crippen molar-refractivity contribution in [1.82, 2.24) is 14.4 Å². The molecule has 0 unspecified atom stereocenters. The number of ketones is 1. The van der Waals surface area contributed by atoms with Gasteiger partial charge in [0, 0.05) is 24.1 Å². The second-order valence-electron chi connectivity index (χ2n) is 6.27. The third-order valence-electron chi connectivity index (χ3n) is 4.52. The van der Waals surface area contributed by atoms with Crippen molar-refractivity contribution in [1.29, 1.82) is 0 Å². The lowest BCUT2D eigenvalue weighted by molar-refractivity contribution is 0.102. The van der Waals surface area contributed by atoms with Crippen LogP contribution in [-0.2, 0) is 0 Å². The molecule has 9 heteroatoms. The summed E-state index contributed by atoms with van der Waals surface area (Å²) in [7, 11) is 4.67. The molecule has 4 rings (SSSR count). The number of imidazole rings is 1. The van der Waals surface area contributed by atoms with Crippen molar-refractivity contribution in [2.75, 3.05) is 21.3 Å².